The second-order valence-corrected chi connectivity index (χ2v) is 5.30. The van der Waals surface area contributed by atoms with E-state index < -0.39 is 11.6 Å². The average molecular weight is 449 g/mol. The summed E-state index contributed by atoms with van der Waals surface area (Å²) >= 11 is 0. The SMILES string of the molecule is CN=C(NCCc1cc(F)ccc1F)NC(C)c1ccc(C)o1.I. The second kappa shape index (κ2) is 9.61. The van der Waals surface area contributed by atoms with Gasteiger partial charge in [0.05, 0.1) is 6.04 Å². The van der Waals surface area contributed by atoms with Crippen LogP contribution in [0.1, 0.15) is 30.0 Å². The smallest absolute Gasteiger partial charge is 0.191 e. The van der Waals surface area contributed by atoms with E-state index in [1.165, 1.54) is 6.07 Å². The number of hydrogen-bond acceptors (Lipinski definition) is 2. The van der Waals surface area contributed by atoms with Crippen molar-refractivity contribution in [3.8, 4) is 0 Å². The summed E-state index contributed by atoms with van der Waals surface area (Å²) in [6.07, 6.45) is 0.360. The molecule has 1 atom stereocenters. The molecule has 0 saturated heterocycles. The molecule has 7 heteroatoms. The lowest BCUT2D eigenvalue weighted by Crippen LogP contribution is -2.39. The van der Waals surface area contributed by atoms with E-state index in [1.807, 2.05) is 26.0 Å². The van der Waals surface area contributed by atoms with Gasteiger partial charge in [0.25, 0.3) is 0 Å². The molecule has 0 aliphatic carbocycles. The lowest BCUT2D eigenvalue weighted by atomic mass is 10.1. The minimum Gasteiger partial charge on any atom is -0.464 e. The highest BCUT2D eigenvalue weighted by Crippen LogP contribution is 2.15. The van der Waals surface area contributed by atoms with Gasteiger partial charge in [0.1, 0.15) is 23.2 Å². The monoisotopic (exact) mass is 449 g/mol. The second-order valence-electron chi connectivity index (χ2n) is 5.30. The number of aryl methyl sites for hydroxylation is 1. The third-order valence-corrected chi connectivity index (χ3v) is 3.46. The van der Waals surface area contributed by atoms with Crippen molar-refractivity contribution in [1.29, 1.82) is 0 Å². The van der Waals surface area contributed by atoms with Gasteiger partial charge < -0.3 is 15.1 Å². The molecule has 0 spiro atoms. The zero-order valence-electron chi connectivity index (χ0n) is 13.9. The third kappa shape index (κ3) is 5.77. The molecule has 0 aliphatic heterocycles. The number of rotatable bonds is 5. The van der Waals surface area contributed by atoms with Crippen LogP contribution in [0.15, 0.2) is 39.7 Å². The molecule has 0 saturated carbocycles. The van der Waals surface area contributed by atoms with Crippen molar-refractivity contribution >= 4 is 29.9 Å². The van der Waals surface area contributed by atoms with E-state index >= 15 is 0 Å². The number of hydrogen-bond donors (Lipinski definition) is 2. The molecule has 2 N–H and O–H groups in total. The summed E-state index contributed by atoms with van der Waals surface area (Å²) in [4.78, 5) is 4.12. The van der Waals surface area contributed by atoms with Crippen LogP contribution in [0.2, 0.25) is 0 Å². The lowest BCUT2D eigenvalue weighted by Gasteiger charge is -2.16. The summed E-state index contributed by atoms with van der Waals surface area (Å²) in [6, 6.07) is 7.21. The molecule has 2 rings (SSSR count). The molecule has 1 heterocycles. The van der Waals surface area contributed by atoms with E-state index in [4.69, 9.17) is 4.42 Å². The number of nitrogens with one attached hydrogen (secondary N) is 2. The Morgan fingerprint density at radius 2 is 2.00 bits per heavy atom. The topological polar surface area (TPSA) is 49.6 Å². The van der Waals surface area contributed by atoms with Crippen LogP contribution in [-0.2, 0) is 6.42 Å². The minimum absolute atomic E-state index is 0. The molecule has 2 aromatic rings. The van der Waals surface area contributed by atoms with Gasteiger partial charge in [-0.05, 0) is 56.2 Å². The molecular formula is C17H22F2IN3O. The zero-order valence-corrected chi connectivity index (χ0v) is 16.2. The van der Waals surface area contributed by atoms with Gasteiger partial charge in [0.15, 0.2) is 5.96 Å². The minimum atomic E-state index is -0.439. The van der Waals surface area contributed by atoms with Crippen LogP contribution in [-0.4, -0.2) is 19.6 Å². The highest BCUT2D eigenvalue weighted by Gasteiger charge is 2.11. The van der Waals surface area contributed by atoms with Gasteiger partial charge in [0.2, 0.25) is 0 Å². The zero-order chi connectivity index (χ0) is 16.8. The quantitative estimate of drug-likeness (QED) is 0.413. The summed E-state index contributed by atoms with van der Waals surface area (Å²) in [5, 5.41) is 6.27. The number of guanidine groups is 1. The van der Waals surface area contributed by atoms with E-state index in [-0.39, 0.29) is 30.0 Å². The van der Waals surface area contributed by atoms with Gasteiger partial charge in [-0.2, -0.15) is 0 Å². The Morgan fingerprint density at radius 1 is 1.25 bits per heavy atom. The number of benzene rings is 1. The number of nitrogens with zero attached hydrogens (tertiary/aromatic N) is 1. The van der Waals surface area contributed by atoms with Gasteiger partial charge in [-0.1, -0.05) is 0 Å². The van der Waals surface area contributed by atoms with Crippen molar-refractivity contribution in [3.63, 3.8) is 0 Å². The number of halogens is 3. The summed E-state index contributed by atoms with van der Waals surface area (Å²) in [6.45, 7) is 4.28. The van der Waals surface area contributed by atoms with Crippen LogP contribution in [0.5, 0.6) is 0 Å². The summed E-state index contributed by atoms with van der Waals surface area (Å²) in [5.74, 6) is 1.38. The first-order valence-electron chi connectivity index (χ1n) is 7.47. The number of aliphatic imine (C=N–C) groups is 1. The Bertz CT molecular complexity index is 688. The van der Waals surface area contributed by atoms with Crippen LogP contribution in [0.4, 0.5) is 8.78 Å². The van der Waals surface area contributed by atoms with Crippen molar-refractivity contribution < 1.29 is 13.2 Å². The molecule has 1 aromatic heterocycles. The third-order valence-electron chi connectivity index (χ3n) is 3.46. The highest BCUT2D eigenvalue weighted by atomic mass is 127. The van der Waals surface area contributed by atoms with Gasteiger partial charge in [0, 0.05) is 13.6 Å². The van der Waals surface area contributed by atoms with E-state index in [1.54, 1.807) is 7.05 Å². The van der Waals surface area contributed by atoms with Crippen molar-refractivity contribution in [2.24, 2.45) is 4.99 Å². The normalized spacial score (nSPS) is 12.5. The van der Waals surface area contributed by atoms with Gasteiger partial charge >= 0.3 is 0 Å². The maximum atomic E-state index is 13.6. The Hall–Kier alpha value is -1.64. The first kappa shape index (κ1) is 20.4. The van der Waals surface area contributed by atoms with Crippen LogP contribution < -0.4 is 10.6 Å². The molecule has 0 fully saturated rings. The van der Waals surface area contributed by atoms with Gasteiger partial charge in [-0.15, -0.1) is 24.0 Å². The van der Waals surface area contributed by atoms with Gasteiger partial charge in [-0.25, -0.2) is 8.78 Å². The van der Waals surface area contributed by atoms with Crippen molar-refractivity contribution in [2.75, 3.05) is 13.6 Å². The summed E-state index contributed by atoms with van der Waals surface area (Å²) < 4.78 is 32.2. The highest BCUT2D eigenvalue weighted by molar-refractivity contribution is 14.0. The maximum Gasteiger partial charge on any atom is 0.191 e. The molecule has 0 radical (unpaired) electrons. The average Bonchev–Trinajstić information content (AvgIpc) is 2.96. The molecule has 24 heavy (non-hydrogen) atoms. The van der Waals surface area contributed by atoms with Gasteiger partial charge in [-0.3, -0.25) is 4.99 Å². The Balaban J connectivity index is 0.00000288. The maximum absolute atomic E-state index is 13.6. The Morgan fingerprint density at radius 3 is 2.62 bits per heavy atom. The lowest BCUT2D eigenvalue weighted by molar-refractivity contribution is 0.441. The van der Waals surface area contributed by atoms with Crippen molar-refractivity contribution in [3.05, 3.63) is 59.1 Å². The van der Waals surface area contributed by atoms with E-state index in [9.17, 15) is 8.78 Å². The summed E-state index contributed by atoms with van der Waals surface area (Å²) in [5.41, 5.74) is 0.336. The van der Waals surface area contributed by atoms with E-state index in [0.29, 0.717) is 24.5 Å². The Kier molecular flexibility index (Phi) is 8.17. The molecule has 132 valence electrons. The molecule has 1 unspecified atom stereocenters. The molecule has 4 nitrogen and oxygen atoms in total. The fourth-order valence-electron chi connectivity index (χ4n) is 2.21. The van der Waals surface area contributed by atoms with Crippen LogP contribution in [0.25, 0.3) is 0 Å². The van der Waals surface area contributed by atoms with Crippen LogP contribution >= 0.6 is 24.0 Å². The molecule has 1 aromatic carbocycles. The standard InChI is InChI=1S/C17H21F2N3O.HI/c1-11-4-7-16(23-11)12(2)22-17(20-3)21-9-8-13-10-14(18)5-6-15(13)19;/h4-7,10,12H,8-9H2,1-3H3,(H2,20,21,22);1H. The van der Waals surface area contributed by atoms with E-state index in [0.717, 1.165) is 23.7 Å². The largest absolute Gasteiger partial charge is 0.464 e. The molecule has 0 amide bonds. The van der Waals surface area contributed by atoms with Crippen molar-refractivity contribution in [2.45, 2.75) is 26.3 Å². The first-order chi connectivity index (χ1) is 11.0. The van der Waals surface area contributed by atoms with Crippen molar-refractivity contribution in [1.82, 2.24) is 10.6 Å². The predicted molar refractivity (Wildman–Crippen MR) is 102 cm³/mol. The fraction of sp³-hybridized carbons (Fsp3) is 0.353. The Labute approximate surface area is 157 Å². The first-order valence-corrected chi connectivity index (χ1v) is 7.47. The molecular weight excluding hydrogens is 427 g/mol. The molecule has 0 bridgehead atoms. The predicted octanol–water partition coefficient (Wildman–Crippen LogP) is 3.95. The van der Waals surface area contributed by atoms with Crippen LogP contribution in [0.3, 0.4) is 0 Å². The molecule has 0 aliphatic rings. The summed E-state index contributed by atoms with van der Waals surface area (Å²) in [7, 11) is 1.65. The van der Waals surface area contributed by atoms with E-state index in [2.05, 4.69) is 15.6 Å². The fourth-order valence-corrected chi connectivity index (χ4v) is 2.21. The van der Waals surface area contributed by atoms with Crippen LogP contribution in [0, 0.1) is 18.6 Å². The number of furan rings is 1.